The van der Waals surface area contributed by atoms with E-state index in [1.807, 2.05) is 72.6 Å². The molecule has 0 radical (unpaired) electrons. The summed E-state index contributed by atoms with van der Waals surface area (Å²) in [5.41, 5.74) is 3.63. The van der Waals surface area contributed by atoms with Crippen molar-refractivity contribution in [3.63, 3.8) is 0 Å². The van der Waals surface area contributed by atoms with Gasteiger partial charge in [-0.25, -0.2) is 9.97 Å². The minimum atomic E-state index is -0.0168. The van der Waals surface area contributed by atoms with Crippen molar-refractivity contribution in [3.05, 3.63) is 77.6 Å². The molecule has 0 saturated heterocycles. The highest BCUT2D eigenvalue weighted by Gasteiger charge is 2.25. The largest absolute Gasteiger partial charge is 0.493 e. The second-order valence-corrected chi connectivity index (χ2v) is 6.44. The summed E-state index contributed by atoms with van der Waals surface area (Å²) in [7, 11) is 0. The lowest BCUT2D eigenvalue weighted by molar-refractivity contribution is 0.0729. The van der Waals surface area contributed by atoms with Crippen LogP contribution in [-0.4, -0.2) is 33.9 Å². The molecule has 1 amide bonds. The van der Waals surface area contributed by atoms with Crippen molar-refractivity contribution >= 4 is 5.91 Å². The molecule has 1 aromatic heterocycles. The van der Waals surface area contributed by atoms with Crippen molar-refractivity contribution in [3.8, 4) is 17.1 Å². The van der Waals surface area contributed by atoms with Gasteiger partial charge in [0.25, 0.3) is 5.91 Å². The van der Waals surface area contributed by atoms with E-state index in [4.69, 9.17) is 9.72 Å². The first-order valence-electron chi connectivity index (χ1n) is 9.17. The number of carbonyl (C=O) groups is 1. The Bertz CT molecular complexity index is 957. The highest BCUT2D eigenvalue weighted by molar-refractivity contribution is 5.97. The lowest BCUT2D eigenvalue weighted by atomic mass is 10.0. The van der Waals surface area contributed by atoms with Crippen LogP contribution < -0.4 is 4.74 Å². The Morgan fingerprint density at radius 2 is 1.89 bits per heavy atom. The number of para-hydroxylation sites is 1. The van der Waals surface area contributed by atoms with Crippen LogP contribution in [0.5, 0.6) is 5.75 Å². The van der Waals surface area contributed by atoms with E-state index in [0.717, 1.165) is 29.1 Å². The molecule has 0 aliphatic carbocycles. The van der Waals surface area contributed by atoms with Gasteiger partial charge >= 0.3 is 0 Å². The molecule has 2 aromatic carbocycles. The Kier molecular flexibility index (Phi) is 4.83. The Hall–Kier alpha value is -3.21. The number of hydrogen-bond donors (Lipinski definition) is 0. The minimum Gasteiger partial charge on any atom is -0.493 e. The maximum Gasteiger partial charge on any atom is 0.257 e. The molecule has 5 heteroatoms. The summed E-state index contributed by atoms with van der Waals surface area (Å²) < 4.78 is 5.61. The van der Waals surface area contributed by atoms with Crippen molar-refractivity contribution in [1.29, 1.82) is 0 Å². The maximum absolute atomic E-state index is 13.0. The summed E-state index contributed by atoms with van der Waals surface area (Å²) in [5.74, 6) is 1.35. The summed E-state index contributed by atoms with van der Waals surface area (Å²) >= 11 is 0. The Morgan fingerprint density at radius 3 is 2.70 bits per heavy atom. The van der Waals surface area contributed by atoms with Crippen molar-refractivity contribution in [1.82, 2.24) is 14.9 Å². The van der Waals surface area contributed by atoms with Gasteiger partial charge in [-0.1, -0.05) is 42.5 Å². The molecule has 0 unspecified atom stereocenters. The zero-order valence-corrected chi connectivity index (χ0v) is 15.3. The monoisotopic (exact) mass is 359 g/mol. The van der Waals surface area contributed by atoms with Crippen LogP contribution in [0.1, 0.15) is 28.5 Å². The van der Waals surface area contributed by atoms with E-state index in [9.17, 15) is 4.79 Å². The van der Waals surface area contributed by atoms with Gasteiger partial charge < -0.3 is 9.64 Å². The lowest BCUT2D eigenvalue weighted by Crippen LogP contribution is -2.36. The minimum absolute atomic E-state index is 0.0168. The molecule has 136 valence electrons. The average Bonchev–Trinajstić information content (AvgIpc) is 2.74. The van der Waals surface area contributed by atoms with E-state index in [1.54, 1.807) is 0 Å². The van der Waals surface area contributed by atoms with E-state index in [0.29, 0.717) is 31.0 Å². The SMILES string of the molecule is CCOc1ccccc1C(=O)N1CCc2nc(-c3ccccc3)ncc2C1. The van der Waals surface area contributed by atoms with Crippen LogP contribution in [0.3, 0.4) is 0 Å². The lowest BCUT2D eigenvalue weighted by Gasteiger charge is -2.28. The zero-order chi connectivity index (χ0) is 18.6. The van der Waals surface area contributed by atoms with Gasteiger partial charge in [-0.05, 0) is 19.1 Å². The van der Waals surface area contributed by atoms with E-state index >= 15 is 0 Å². The van der Waals surface area contributed by atoms with Crippen molar-refractivity contribution in [2.45, 2.75) is 19.9 Å². The first-order valence-corrected chi connectivity index (χ1v) is 9.17. The first kappa shape index (κ1) is 17.2. The third-order valence-electron chi connectivity index (χ3n) is 4.67. The zero-order valence-electron chi connectivity index (χ0n) is 15.3. The maximum atomic E-state index is 13.0. The van der Waals surface area contributed by atoms with E-state index in [-0.39, 0.29) is 5.91 Å². The fourth-order valence-electron chi connectivity index (χ4n) is 3.31. The molecular formula is C22H21N3O2. The number of ether oxygens (including phenoxy) is 1. The van der Waals surface area contributed by atoms with E-state index in [2.05, 4.69) is 4.98 Å². The molecule has 3 aromatic rings. The quantitative estimate of drug-likeness (QED) is 0.712. The summed E-state index contributed by atoms with van der Waals surface area (Å²) in [6.07, 6.45) is 2.57. The Morgan fingerprint density at radius 1 is 1.11 bits per heavy atom. The van der Waals surface area contributed by atoms with Gasteiger partial charge in [0.2, 0.25) is 0 Å². The normalized spacial score (nSPS) is 13.1. The van der Waals surface area contributed by atoms with Crippen molar-refractivity contribution in [2.24, 2.45) is 0 Å². The topological polar surface area (TPSA) is 55.3 Å². The average molecular weight is 359 g/mol. The fraction of sp³-hybridized carbons (Fsp3) is 0.227. The second kappa shape index (κ2) is 7.58. The molecule has 0 fully saturated rings. The fourth-order valence-corrected chi connectivity index (χ4v) is 3.31. The molecule has 1 aliphatic rings. The number of hydrogen-bond acceptors (Lipinski definition) is 4. The summed E-state index contributed by atoms with van der Waals surface area (Å²) in [6, 6.07) is 17.3. The number of nitrogens with zero attached hydrogens (tertiary/aromatic N) is 3. The predicted molar refractivity (Wildman–Crippen MR) is 104 cm³/mol. The summed E-state index contributed by atoms with van der Waals surface area (Å²) in [4.78, 5) is 24.1. The second-order valence-electron chi connectivity index (χ2n) is 6.44. The third kappa shape index (κ3) is 3.53. The molecule has 1 aliphatic heterocycles. The van der Waals surface area contributed by atoms with Gasteiger partial charge in [-0.15, -0.1) is 0 Å². The molecular weight excluding hydrogens is 338 g/mol. The number of amides is 1. The smallest absolute Gasteiger partial charge is 0.257 e. The first-order chi connectivity index (χ1) is 13.3. The van der Waals surface area contributed by atoms with Gasteiger partial charge in [0.15, 0.2) is 5.82 Å². The van der Waals surface area contributed by atoms with Crippen molar-refractivity contribution < 1.29 is 9.53 Å². The molecule has 5 nitrogen and oxygen atoms in total. The Labute approximate surface area is 158 Å². The molecule has 0 bridgehead atoms. The van der Waals surface area contributed by atoms with Crippen LogP contribution in [-0.2, 0) is 13.0 Å². The predicted octanol–water partition coefficient (Wildman–Crippen LogP) is 3.74. The molecule has 0 N–H and O–H groups in total. The number of rotatable bonds is 4. The number of carbonyl (C=O) groups excluding carboxylic acids is 1. The molecule has 0 saturated carbocycles. The molecule has 4 rings (SSSR count). The summed E-state index contributed by atoms with van der Waals surface area (Å²) in [5, 5.41) is 0. The van der Waals surface area contributed by atoms with Crippen LogP contribution in [0.25, 0.3) is 11.4 Å². The summed E-state index contributed by atoms with van der Waals surface area (Å²) in [6.45, 7) is 3.60. The van der Waals surface area contributed by atoms with Crippen LogP contribution in [0.4, 0.5) is 0 Å². The van der Waals surface area contributed by atoms with Gasteiger partial charge in [-0.2, -0.15) is 0 Å². The number of aromatic nitrogens is 2. The van der Waals surface area contributed by atoms with Crippen LogP contribution in [0.15, 0.2) is 60.8 Å². The Balaban J connectivity index is 1.56. The van der Waals surface area contributed by atoms with Gasteiger partial charge in [0, 0.05) is 36.8 Å². The number of benzene rings is 2. The van der Waals surface area contributed by atoms with Gasteiger partial charge in [0.05, 0.1) is 17.9 Å². The molecule has 0 atom stereocenters. The molecule has 2 heterocycles. The molecule has 0 spiro atoms. The van der Waals surface area contributed by atoms with Gasteiger partial charge in [0.1, 0.15) is 5.75 Å². The highest BCUT2D eigenvalue weighted by atomic mass is 16.5. The van der Waals surface area contributed by atoms with E-state index in [1.165, 1.54) is 0 Å². The van der Waals surface area contributed by atoms with Crippen molar-refractivity contribution in [2.75, 3.05) is 13.2 Å². The number of fused-ring (bicyclic) bond motifs is 1. The standard InChI is InChI=1S/C22H21N3O2/c1-2-27-20-11-7-6-10-18(20)22(26)25-13-12-19-17(15-25)14-23-21(24-19)16-8-4-3-5-9-16/h3-11,14H,2,12-13,15H2,1H3. The van der Waals surface area contributed by atoms with E-state index < -0.39 is 0 Å². The molecule has 27 heavy (non-hydrogen) atoms. The van der Waals surface area contributed by atoms with Crippen LogP contribution in [0.2, 0.25) is 0 Å². The van der Waals surface area contributed by atoms with Crippen LogP contribution >= 0.6 is 0 Å². The third-order valence-corrected chi connectivity index (χ3v) is 4.67. The highest BCUT2D eigenvalue weighted by Crippen LogP contribution is 2.25. The van der Waals surface area contributed by atoms with Crippen LogP contribution in [0, 0.1) is 0 Å². The van der Waals surface area contributed by atoms with Gasteiger partial charge in [-0.3, -0.25) is 4.79 Å².